The number of nitrogens with zero attached hydrogens (tertiary/aromatic N) is 3. The second-order valence-corrected chi connectivity index (χ2v) is 7.55. The van der Waals surface area contributed by atoms with E-state index in [0.717, 1.165) is 23.6 Å². The Bertz CT molecular complexity index is 948. The van der Waals surface area contributed by atoms with Gasteiger partial charge in [0.05, 0.1) is 5.69 Å². The number of rotatable bonds is 3. The predicted molar refractivity (Wildman–Crippen MR) is 103 cm³/mol. The molecule has 0 aliphatic carbocycles. The van der Waals surface area contributed by atoms with Crippen LogP contribution in [0, 0.1) is 0 Å². The molecule has 4 heterocycles. The molecule has 2 N–H and O–H groups in total. The average molecular weight is 362 g/mol. The Morgan fingerprint density at radius 3 is 2.63 bits per heavy atom. The van der Waals surface area contributed by atoms with Crippen molar-refractivity contribution in [3.05, 3.63) is 42.7 Å². The van der Waals surface area contributed by atoms with Crippen molar-refractivity contribution in [2.24, 2.45) is 0 Å². The van der Waals surface area contributed by atoms with E-state index in [1.165, 1.54) is 19.3 Å². The first-order chi connectivity index (χ1) is 13.2. The molecule has 3 aromatic rings. The molecule has 0 saturated carbocycles. The summed E-state index contributed by atoms with van der Waals surface area (Å²) in [5.74, 6) is 0.720. The third kappa shape index (κ3) is 3.32. The van der Waals surface area contributed by atoms with Crippen molar-refractivity contribution in [1.82, 2.24) is 20.5 Å². The van der Waals surface area contributed by atoms with Crippen LogP contribution in [0.15, 0.2) is 42.7 Å². The number of fused-ring (bicyclic) bond motifs is 3. The Morgan fingerprint density at radius 1 is 1.00 bits per heavy atom. The maximum atomic E-state index is 10.4. The van der Waals surface area contributed by atoms with Crippen molar-refractivity contribution in [3.63, 3.8) is 0 Å². The van der Waals surface area contributed by atoms with Gasteiger partial charge < -0.3 is 15.2 Å². The first-order valence-corrected chi connectivity index (χ1v) is 9.58. The van der Waals surface area contributed by atoms with E-state index in [1.807, 2.05) is 24.3 Å². The summed E-state index contributed by atoms with van der Waals surface area (Å²) in [4.78, 5) is 4.08. The summed E-state index contributed by atoms with van der Waals surface area (Å²) in [6.07, 6.45) is 9.50. The van der Waals surface area contributed by atoms with Gasteiger partial charge in [0.2, 0.25) is 5.88 Å². The zero-order chi connectivity index (χ0) is 18.2. The molecule has 5 rings (SSSR count). The maximum absolute atomic E-state index is 10.4. The quantitative estimate of drug-likeness (QED) is 0.743. The average Bonchev–Trinajstić information content (AvgIpc) is 2.68. The molecule has 0 unspecified atom stereocenters. The van der Waals surface area contributed by atoms with Gasteiger partial charge in [0.25, 0.3) is 0 Å². The van der Waals surface area contributed by atoms with E-state index in [0.29, 0.717) is 29.2 Å². The SMILES string of the molecule is Oc1cc2cnccc2cc1-c1ccc(O[C@@H]2C[C@H]3CCC[C@@H](C2)N3)nn1. The molecular weight excluding hydrogens is 340 g/mol. The molecule has 0 amide bonds. The lowest BCUT2D eigenvalue weighted by Crippen LogP contribution is -2.51. The smallest absolute Gasteiger partial charge is 0.233 e. The number of aromatic hydroxyl groups is 1. The summed E-state index contributed by atoms with van der Waals surface area (Å²) < 4.78 is 6.10. The van der Waals surface area contributed by atoms with Crippen LogP contribution >= 0.6 is 0 Å². The number of hydrogen-bond donors (Lipinski definition) is 2. The Hall–Kier alpha value is -2.73. The number of hydrogen-bond acceptors (Lipinski definition) is 6. The van der Waals surface area contributed by atoms with Gasteiger partial charge in [-0.15, -0.1) is 10.2 Å². The first-order valence-electron chi connectivity index (χ1n) is 9.58. The van der Waals surface area contributed by atoms with Crippen LogP contribution in [0.5, 0.6) is 11.6 Å². The normalized spacial score (nSPS) is 24.7. The van der Waals surface area contributed by atoms with Crippen LogP contribution in [0.2, 0.25) is 0 Å². The summed E-state index contributed by atoms with van der Waals surface area (Å²) in [6.45, 7) is 0. The van der Waals surface area contributed by atoms with E-state index in [1.54, 1.807) is 18.5 Å². The minimum atomic E-state index is 0.171. The van der Waals surface area contributed by atoms with E-state index in [-0.39, 0.29) is 11.9 Å². The minimum absolute atomic E-state index is 0.171. The molecule has 2 aromatic heterocycles. The zero-order valence-corrected chi connectivity index (χ0v) is 15.0. The summed E-state index contributed by atoms with van der Waals surface area (Å²) >= 11 is 0. The highest BCUT2D eigenvalue weighted by Crippen LogP contribution is 2.33. The fraction of sp³-hybridized carbons (Fsp3) is 0.381. The molecule has 2 fully saturated rings. The number of piperidine rings is 2. The van der Waals surface area contributed by atoms with Crippen LogP contribution in [-0.4, -0.2) is 38.5 Å². The van der Waals surface area contributed by atoms with Gasteiger partial charge in [-0.3, -0.25) is 4.98 Å². The van der Waals surface area contributed by atoms with Crippen molar-refractivity contribution < 1.29 is 9.84 Å². The third-order valence-corrected chi connectivity index (χ3v) is 5.63. The molecule has 1 aromatic carbocycles. The highest BCUT2D eigenvalue weighted by molar-refractivity contribution is 5.89. The highest BCUT2D eigenvalue weighted by atomic mass is 16.5. The Kier molecular flexibility index (Phi) is 4.13. The topological polar surface area (TPSA) is 80.2 Å². The van der Waals surface area contributed by atoms with Crippen LogP contribution in [0.1, 0.15) is 32.1 Å². The monoisotopic (exact) mass is 362 g/mol. The first kappa shape index (κ1) is 16.4. The van der Waals surface area contributed by atoms with Crippen molar-refractivity contribution in [3.8, 4) is 22.9 Å². The van der Waals surface area contributed by atoms with Gasteiger partial charge in [0.15, 0.2) is 0 Å². The van der Waals surface area contributed by atoms with Crippen molar-refractivity contribution in [2.45, 2.75) is 50.3 Å². The largest absolute Gasteiger partial charge is 0.507 e. The fourth-order valence-electron chi connectivity index (χ4n) is 4.34. The van der Waals surface area contributed by atoms with Crippen LogP contribution in [0.25, 0.3) is 22.0 Å². The second kappa shape index (κ2) is 6.78. The number of phenols is 1. The Morgan fingerprint density at radius 2 is 1.85 bits per heavy atom. The van der Waals surface area contributed by atoms with E-state index >= 15 is 0 Å². The van der Waals surface area contributed by atoms with Gasteiger partial charge in [-0.05, 0) is 55.3 Å². The molecule has 2 bridgehead atoms. The van der Waals surface area contributed by atoms with Crippen LogP contribution in [0.3, 0.4) is 0 Å². The highest BCUT2D eigenvalue weighted by Gasteiger charge is 2.32. The van der Waals surface area contributed by atoms with Gasteiger partial charge >= 0.3 is 0 Å². The van der Waals surface area contributed by atoms with Crippen molar-refractivity contribution in [1.29, 1.82) is 0 Å². The number of pyridine rings is 1. The summed E-state index contributed by atoms with van der Waals surface area (Å²) in [7, 11) is 0. The van der Waals surface area contributed by atoms with Gasteiger partial charge in [0, 0.05) is 41.5 Å². The Labute approximate surface area is 157 Å². The maximum Gasteiger partial charge on any atom is 0.233 e. The van der Waals surface area contributed by atoms with E-state index < -0.39 is 0 Å². The van der Waals surface area contributed by atoms with Crippen molar-refractivity contribution >= 4 is 10.8 Å². The molecule has 6 nitrogen and oxygen atoms in total. The third-order valence-electron chi connectivity index (χ3n) is 5.63. The number of phenolic OH excluding ortho intramolecular Hbond substituents is 1. The van der Waals surface area contributed by atoms with Crippen LogP contribution in [0.4, 0.5) is 0 Å². The van der Waals surface area contributed by atoms with E-state index in [2.05, 4.69) is 20.5 Å². The Balaban J connectivity index is 1.35. The second-order valence-electron chi connectivity index (χ2n) is 7.55. The van der Waals surface area contributed by atoms with Gasteiger partial charge in [-0.25, -0.2) is 0 Å². The molecule has 2 saturated heterocycles. The lowest BCUT2D eigenvalue weighted by Gasteiger charge is -2.39. The van der Waals surface area contributed by atoms with E-state index in [4.69, 9.17) is 4.74 Å². The molecule has 27 heavy (non-hydrogen) atoms. The van der Waals surface area contributed by atoms with Gasteiger partial charge in [0.1, 0.15) is 11.9 Å². The molecule has 0 radical (unpaired) electrons. The van der Waals surface area contributed by atoms with E-state index in [9.17, 15) is 5.11 Å². The fourth-order valence-corrected chi connectivity index (χ4v) is 4.34. The van der Waals surface area contributed by atoms with Crippen LogP contribution in [-0.2, 0) is 0 Å². The number of nitrogens with one attached hydrogen (secondary N) is 1. The number of benzene rings is 1. The standard InChI is InChI=1S/C21H22N4O2/c26-20-9-14-12-22-7-6-13(14)8-18(20)19-4-5-21(25-24-19)27-17-10-15-2-1-3-16(11-17)23-15/h4-9,12,15-17,23,26H,1-3,10-11H2/t15-,16+,17-. The van der Waals surface area contributed by atoms with Crippen molar-refractivity contribution in [2.75, 3.05) is 0 Å². The molecular formula is C21H22N4O2. The lowest BCUT2D eigenvalue weighted by molar-refractivity contribution is 0.0881. The van der Waals surface area contributed by atoms with Gasteiger partial charge in [-0.2, -0.15) is 0 Å². The zero-order valence-electron chi connectivity index (χ0n) is 15.0. The molecule has 6 heteroatoms. The molecule has 3 atom stereocenters. The van der Waals surface area contributed by atoms with Crippen LogP contribution < -0.4 is 10.1 Å². The minimum Gasteiger partial charge on any atom is -0.507 e. The number of aromatic nitrogens is 3. The molecule has 2 aliphatic rings. The summed E-state index contributed by atoms with van der Waals surface area (Å²) in [5, 5.41) is 24.5. The summed E-state index contributed by atoms with van der Waals surface area (Å²) in [5.41, 5.74) is 1.28. The number of ether oxygens (including phenoxy) is 1. The summed E-state index contributed by atoms with van der Waals surface area (Å²) in [6, 6.07) is 10.4. The predicted octanol–water partition coefficient (Wildman–Crippen LogP) is 3.45. The van der Waals surface area contributed by atoms with Gasteiger partial charge in [-0.1, -0.05) is 6.42 Å². The lowest BCUT2D eigenvalue weighted by atomic mass is 9.85. The molecule has 2 aliphatic heterocycles. The molecule has 138 valence electrons. The molecule has 0 spiro atoms.